The van der Waals surface area contributed by atoms with Crippen LogP contribution in [-0.2, 0) is 5.41 Å². The molecule has 0 radical (unpaired) electrons. The van der Waals surface area contributed by atoms with Crippen molar-refractivity contribution in [2.45, 2.75) is 26.2 Å². The predicted octanol–water partition coefficient (Wildman–Crippen LogP) is 8.04. The molecule has 0 atom stereocenters. The Labute approximate surface area is 222 Å². The quantitative estimate of drug-likeness (QED) is 0.230. The van der Waals surface area contributed by atoms with Gasteiger partial charge in [-0.05, 0) is 58.1 Å². The average Bonchev–Trinajstić information content (AvgIpc) is 3.49. The normalized spacial score (nSPS) is 14.0. The Morgan fingerprint density at radius 2 is 1.58 bits per heavy atom. The maximum absolute atomic E-state index is 6.67. The van der Waals surface area contributed by atoms with E-state index in [9.17, 15) is 0 Å². The largest absolute Gasteiger partial charge is 0.457 e. The molecule has 4 aromatic carbocycles. The van der Waals surface area contributed by atoms with Gasteiger partial charge in [0.1, 0.15) is 17.3 Å². The van der Waals surface area contributed by atoms with E-state index >= 15 is 0 Å². The summed E-state index contributed by atoms with van der Waals surface area (Å²) in [5.41, 5.74) is 4.61. The molecule has 0 fully saturated rings. The van der Waals surface area contributed by atoms with Crippen molar-refractivity contribution in [3.05, 3.63) is 103 Å². The fourth-order valence-corrected chi connectivity index (χ4v) is 5.53. The van der Waals surface area contributed by atoms with Crippen LogP contribution in [-0.4, -0.2) is 28.2 Å². The van der Waals surface area contributed by atoms with Crippen LogP contribution in [0.4, 0.5) is 5.69 Å². The third-order valence-electron chi connectivity index (χ3n) is 7.45. The second-order valence-corrected chi connectivity index (χ2v) is 11.2. The highest BCUT2D eigenvalue weighted by atomic mass is 16.5. The van der Waals surface area contributed by atoms with Crippen molar-refractivity contribution in [1.29, 1.82) is 0 Å². The first-order valence-corrected chi connectivity index (χ1v) is 13.0. The molecule has 0 amide bonds. The van der Waals surface area contributed by atoms with E-state index < -0.39 is 0 Å². The SMILES string of the molecule is CN1C=CN(c2cc(Oc3cc4ccc5cccc6c5c4c(c3)n6-c3ccccn3)cc(C(C)(C)C)c2)C1. The fraction of sp³-hybridized carbons (Fsp3) is 0.182. The lowest BCUT2D eigenvalue weighted by Gasteiger charge is -2.25. The minimum absolute atomic E-state index is 0.00997. The van der Waals surface area contributed by atoms with Gasteiger partial charge in [0.25, 0.3) is 0 Å². The van der Waals surface area contributed by atoms with Crippen molar-refractivity contribution in [1.82, 2.24) is 14.5 Å². The highest BCUT2D eigenvalue weighted by molar-refractivity contribution is 6.24. The van der Waals surface area contributed by atoms with E-state index in [2.05, 4.69) is 121 Å². The van der Waals surface area contributed by atoms with Gasteiger partial charge < -0.3 is 14.5 Å². The minimum Gasteiger partial charge on any atom is -0.457 e. The van der Waals surface area contributed by atoms with E-state index in [0.717, 1.165) is 46.1 Å². The summed E-state index contributed by atoms with van der Waals surface area (Å²) in [6, 6.07) is 27.8. The molecule has 5 heteroatoms. The molecule has 0 unspecified atom stereocenters. The number of rotatable bonds is 4. The first kappa shape index (κ1) is 22.7. The Morgan fingerprint density at radius 3 is 2.34 bits per heavy atom. The minimum atomic E-state index is -0.00997. The number of hydrogen-bond donors (Lipinski definition) is 0. The molecule has 2 aromatic heterocycles. The van der Waals surface area contributed by atoms with E-state index in [1.807, 2.05) is 18.3 Å². The van der Waals surface area contributed by atoms with E-state index in [1.54, 1.807) is 0 Å². The number of anilines is 1. The lowest BCUT2D eigenvalue weighted by molar-refractivity contribution is 0.477. The summed E-state index contributed by atoms with van der Waals surface area (Å²) < 4.78 is 8.92. The van der Waals surface area contributed by atoms with Gasteiger partial charge in [0.2, 0.25) is 0 Å². The summed E-state index contributed by atoms with van der Waals surface area (Å²) in [7, 11) is 2.09. The van der Waals surface area contributed by atoms with E-state index in [-0.39, 0.29) is 5.41 Å². The van der Waals surface area contributed by atoms with Crippen LogP contribution in [0.1, 0.15) is 26.3 Å². The standard InChI is InChI=1S/C33H30N4O/c1-33(2,3)24-17-25(36-15-14-35(4)21-36)19-27(18-24)38-26-16-23-12-11-22-8-7-9-28-31(22)32(23)29(20-26)37(28)30-10-5-6-13-34-30/h5-20H,21H2,1-4H3. The molecule has 6 aromatic rings. The third kappa shape index (κ3) is 3.66. The molecule has 38 heavy (non-hydrogen) atoms. The Morgan fingerprint density at radius 1 is 0.763 bits per heavy atom. The Balaban J connectivity index is 1.41. The first-order chi connectivity index (χ1) is 18.3. The van der Waals surface area contributed by atoms with Crippen molar-refractivity contribution >= 4 is 38.3 Å². The zero-order valence-corrected chi connectivity index (χ0v) is 22.1. The van der Waals surface area contributed by atoms with Crippen molar-refractivity contribution in [2.24, 2.45) is 0 Å². The molecule has 1 aliphatic rings. The van der Waals surface area contributed by atoms with Gasteiger partial charge in [0.05, 0.1) is 17.7 Å². The summed E-state index contributed by atoms with van der Waals surface area (Å²) in [5, 5.41) is 4.89. The zero-order chi connectivity index (χ0) is 26.0. The van der Waals surface area contributed by atoms with Gasteiger partial charge in [0.15, 0.2) is 0 Å². The molecular formula is C33H30N4O. The summed E-state index contributed by atoms with van der Waals surface area (Å²) >= 11 is 0. The van der Waals surface area contributed by atoms with Crippen LogP contribution < -0.4 is 9.64 Å². The number of hydrogen-bond acceptors (Lipinski definition) is 4. The molecule has 0 aliphatic carbocycles. The van der Waals surface area contributed by atoms with Crippen molar-refractivity contribution in [3.63, 3.8) is 0 Å². The van der Waals surface area contributed by atoms with Crippen molar-refractivity contribution < 1.29 is 4.74 Å². The average molecular weight is 499 g/mol. The second-order valence-electron chi connectivity index (χ2n) is 11.2. The summed E-state index contributed by atoms with van der Waals surface area (Å²) in [4.78, 5) is 9.12. The molecule has 0 spiro atoms. The molecule has 0 bridgehead atoms. The number of benzene rings is 4. The predicted molar refractivity (Wildman–Crippen MR) is 157 cm³/mol. The van der Waals surface area contributed by atoms with Gasteiger partial charge in [0, 0.05) is 54.2 Å². The molecule has 0 saturated carbocycles. The Hall–Kier alpha value is -4.51. The first-order valence-electron chi connectivity index (χ1n) is 13.0. The third-order valence-corrected chi connectivity index (χ3v) is 7.45. The Bertz CT molecular complexity index is 1830. The van der Waals surface area contributed by atoms with E-state index in [4.69, 9.17) is 9.72 Å². The lowest BCUT2D eigenvalue weighted by atomic mass is 9.86. The smallest absolute Gasteiger partial charge is 0.137 e. The summed E-state index contributed by atoms with van der Waals surface area (Å²) in [6.07, 6.45) is 6.06. The number of pyridine rings is 1. The Kier molecular flexibility index (Phi) is 4.92. The second kappa shape index (κ2) is 8.25. The molecule has 1 aliphatic heterocycles. The monoisotopic (exact) mass is 498 g/mol. The van der Waals surface area contributed by atoms with Crippen LogP contribution in [0.2, 0.25) is 0 Å². The molecule has 3 heterocycles. The van der Waals surface area contributed by atoms with Gasteiger partial charge in [-0.2, -0.15) is 0 Å². The van der Waals surface area contributed by atoms with Crippen molar-refractivity contribution in [3.8, 4) is 17.3 Å². The number of ether oxygens (including phenoxy) is 1. The van der Waals surface area contributed by atoms with Crippen LogP contribution >= 0.6 is 0 Å². The van der Waals surface area contributed by atoms with Crippen molar-refractivity contribution in [2.75, 3.05) is 18.6 Å². The molecule has 5 nitrogen and oxygen atoms in total. The maximum atomic E-state index is 6.67. The van der Waals surface area contributed by atoms with E-state index in [1.165, 1.54) is 21.7 Å². The lowest BCUT2D eigenvalue weighted by Crippen LogP contribution is -2.22. The van der Waals surface area contributed by atoms with Crippen LogP contribution in [0.15, 0.2) is 97.5 Å². The molecule has 7 rings (SSSR count). The zero-order valence-electron chi connectivity index (χ0n) is 22.1. The van der Waals surface area contributed by atoms with Crippen LogP contribution in [0, 0.1) is 0 Å². The van der Waals surface area contributed by atoms with Crippen LogP contribution in [0.3, 0.4) is 0 Å². The maximum Gasteiger partial charge on any atom is 0.137 e. The van der Waals surface area contributed by atoms with Crippen LogP contribution in [0.25, 0.3) is 38.4 Å². The molecule has 0 saturated heterocycles. The summed E-state index contributed by atoms with van der Waals surface area (Å²) in [6.45, 7) is 7.55. The van der Waals surface area contributed by atoms with Gasteiger partial charge in [-0.15, -0.1) is 0 Å². The van der Waals surface area contributed by atoms with Gasteiger partial charge in [-0.25, -0.2) is 4.98 Å². The number of nitrogens with zero attached hydrogens (tertiary/aromatic N) is 4. The molecule has 0 N–H and O–H groups in total. The topological polar surface area (TPSA) is 33.5 Å². The van der Waals surface area contributed by atoms with E-state index in [0.29, 0.717) is 0 Å². The van der Waals surface area contributed by atoms with Crippen LogP contribution in [0.5, 0.6) is 11.5 Å². The molecular weight excluding hydrogens is 468 g/mol. The number of aromatic nitrogens is 2. The summed E-state index contributed by atoms with van der Waals surface area (Å²) in [5.74, 6) is 2.55. The molecule has 188 valence electrons. The van der Waals surface area contributed by atoms with Gasteiger partial charge in [-0.3, -0.25) is 4.57 Å². The highest BCUT2D eigenvalue weighted by Crippen LogP contribution is 2.42. The fourth-order valence-electron chi connectivity index (χ4n) is 5.53. The van der Waals surface area contributed by atoms with Gasteiger partial charge >= 0.3 is 0 Å². The van der Waals surface area contributed by atoms with Gasteiger partial charge in [-0.1, -0.05) is 51.1 Å². The highest BCUT2D eigenvalue weighted by Gasteiger charge is 2.21.